The Morgan fingerprint density at radius 2 is 2.33 bits per heavy atom. The van der Waals surface area contributed by atoms with Crippen LogP contribution in [0.25, 0.3) is 5.69 Å². The summed E-state index contributed by atoms with van der Waals surface area (Å²) in [6.07, 6.45) is 4.47. The van der Waals surface area contributed by atoms with Gasteiger partial charge in [0, 0.05) is 17.6 Å². The van der Waals surface area contributed by atoms with Crippen molar-refractivity contribution < 1.29 is 4.79 Å². The number of benzene rings is 1. The first-order valence-electron chi connectivity index (χ1n) is 8.03. The average molecular weight is 369 g/mol. The number of amides is 1. The van der Waals surface area contributed by atoms with Crippen LogP contribution in [-0.2, 0) is 6.42 Å². The Morgan fingerprint density at radius 1 is 1.50 bits per heavy atom. The Hall–Kier alpha value is -1.56. The topological polar surface area (TPSA) is 59.0 Å². The minimum absolute atomic E-state index is 0. The van der Waals surface area contributed by atoms with E-state index < -0.39 is 0 Å². The number of aromatic nitrogens is 2. The number of nitrogens with zero attached hydrogens (tertiary/aromatic N) is 2. The van der Waals surface area contributed by atoms with E-state index in [4.69, 9.17) is 11.6 Å². The number of nitrogens with one attached hydrogen (secondary N) is 2. The molecule has 0 aliphatic carbocycles. The second-order valence-corrected chi connectivity index (χ2v) is 6.20. The van der Waals surface area contributed by atoms with E-state index in [0.717, 1.165) is 43.7 Å². The van der Waals surface area contributed by atoms with Gasteiger partial charge in [0.15, 0.2) is 0 Å². The lowest BCUT2D eigenvalue weighted by Gasteiger charge is -2.23. The first kappa shape index (κ1) is 18.8. The summed E-state index contributed by atoms with van der Waals surface area (Å²) >= 11 is 6.06. The fourth-order valence-corrected chi connectivity index (χ4v) is 3.16. The lowest BCUT2D eigenvalue weighted by molar-refractivity contribution is 0.0929. The van der Waals surface area contributed by atoms with Gasteiger partial charge in [-0.25, -0.2) is 4.68 Å². The molecule has 1 aromatic heterocycles. The molecule has 7 heteroatoms. The van der Waals surface area contributed by atoms with Gasteiger partial charge in [0.1, 0.15) is 0 Å². The predicted molar refractivity (Wildman–Crippen MR) is 98.6 cm³/mol. The van der Waals surface area contributed by atoms with Gasteiger partial charge in [-0.05, 0) is 44.0 Å². The molecule has 0 saturated carbocycles. The zero-order chi connectivity index (χ0) is 16.2. The molecule has 2 aromatic rings. The van der Waals surface area contributed by atoms with Crippen LogP contribution in [0.15, 0.2) is 30.5 Å². The van der Waals surface area contributed by atoms with Crippen LogP contribution < -0.4 is 10.6 Å². The van der Waals surface area contributed by atoms with Gasteiger partial charge in [-0.2, -0.15) is 5.10 Å². The quantitative estimate of drug-likeness (QED) is 0.871. The lowest BCUT2D eigenvalue weighted by atomic mass is 10.1. The zero-order valence-corrected chi connectivity index (χ0v) is 15.2. The third kappa shape index (κ3) is 4.09. The van der Waals surface area contributed by atoms with Crippen LogP contribution >= 0.6 is 24.0 Å². The van der Waals surface area contributed by atoms with Crippen LogP contribution in [0.2, 0.25) is 5.02 Å². The molecule has 2 N–H and O–H groups in total. The normalized spacial score (nSPS) is 17.2. The van der Waals surface area contributed by atoms with Crippen LogP contribution in [0, 0.1) is 0 Å². The van der Waals surface area contributed by atoms with Crippen molar-refractivity contribution >= 4 is 29.9 Å². The molecule has 1 aliphatic rings. The van der Waals surface area contributed by atoms with Crippen LogP contribution in [0.1, 0.15) is 35.8 Å². The summed E-state index contributed by atoms with van der Waals surface area (Å²) in [4.78, 5) is 12.6. The number of hydrogen-bond donors (Lipinski definition) is 2. The summed E-state index contributed by atoms with van der Waals surface area (Å²) < 4.78 is 1.79. The third-order valence-corrected chi connectivity index (χ3v) is 4.37. The van der Waals surface area contributed by atoms with E-state index >= 15 is 0 Å². The third-order valence-electron chi connectivity index (χ3n) is 4.13. The van der Waals surface area contributed by atoms with Crippen LogP contribution in [0.4, 0.5) is 0 Å². The summed E-state index contributed by atoms with van der Waals surface area (Å²) in [7, 11) is 0. The van der Waals surface area contributed by atoms with Gasteiger partial charge in [0.2, 0.25) is 0 Å². The highest BCUT2D eigenvalue weighted by Gasteiger charge is 2.21. The predicted octanol–water partition coefficient (Wildman–Crippen LogP) is 2.99. The molecule has 0 spiro atoms. The highest BCUT2D eigenvalue weighted by atomic mass is 35.5. The standard InChI is InChI=1S/C17H21ClN4O.ClH/c1-2-16-15(17(23)21-13-6-4-8-19-10-13)11-20-22(16)14-7-3-5-12(18)9-14;/h3,5,7,9,11,13,19H,2,4,6,8,10H2,1H3,(H,21,23);1H/t13-;/m0./s1. The maximum absolute atomic E-state index is 12.6. The Labute approximate surface area is 153 Å². The molecule has 1 atom stereocenters. The summed E-state index contributed by atoms with van der Waals surface area (Å²) in [5, 5.41) is 11.5. The van der Waals surface area contributed by atoms with Crippen molar-refractivity contribution in [2.75, 3.05) is 13.1 Å². The maximum Gasteiger partial charge on any atom is 0.255 e. The Kier molecular flexibility index (Phi) is 6.66. The molecular weight excluding hydrogens is 347 g/mol. The summed E-state index contributed by atoms with van der Waals surface area (Å²) in [5.74, 6) is -0.0520. The molecule has 1 aromatic carbocycles. The number of rotatable bonds is 4. The van der Waals surface area contributed by atoms with Gasteiger partial charge in [-0.15, -0.1) is 12.4 Å². The minimum atomic E-state index is -0.0520. The summed E-state index contributed by atoms with van der Waals surface area (Å²) in [6, 6.07) is 7.68. The Balaban J connectivity index is 0.00000208. The van der Waals surface area contributed by atoms with E-state index in [-0.39, 0.29) is 24.4 Å². The largest absolute Gasteiger partial charge is 0.348 e. The molecule has 1 aliphatic heterocycles. The molecule has 2 heterocycles. The van der Waals surface area contributed by atoms with Crippen molar-refractivity contribution in [2.24, 2.45) is 0 Å². The van der Waals surface area contributed by atoms with Gasteiger partial charge in [0.05, 0.1) is 23.1 Å². The second-order valence-electron chi connectivity index (χ2n) is 5.77. The van der Waals surface area contributed by atoms with E-state index in [0.29, 0.717) is 10.6 Å². The highest BCUT2D eigenvalue weighted by molar-refractivity contribution is 6.30. The van der Waals surface area contributed by atoms with Crippen molar-refractivity contribution in [1.29, 1.82) is 0 Å². The van der Waals surface area contributed by atoms with E-state index in [9.17, 15) is 4.79 Å². The van der Waals surface area contributed by atoms with Gasteiger partial charge < -0.3 is 10.6 Å². The molecule has 5 nitrogen and oxygen atoms in total. The second kappa shape index (κ2) is 8.51. The number of halogens is 2. The van der Waals surface area contributed by atoms with E-state index in [1.165, 1.54) is 0 Å². The van der Waals surface area contributed by atoms with Crippen LogP contribution in [-0.4, -0.2) is 34.8 Å². The van der Waals surface area contributed by atoms with Gasteiger partial charge in [-0.1, -0.05) is 24.6 Å². The van der Waals surface area contributed by atoms with Crippen molar-refractivity contribution in [3.63, 3.8) is 0 Å². The minimum Gasteiger partial charge on any atom is -0.348 e. The lowest BCUT2D eigenvalue weighted by Crippen LogP contribution is -2.45. The average Bonchev–Trinajstić information content (AvgIpc) is 3.00. The van der Waals surface area contributed by atoms with E-state index in [1.54, 1.807) is 10.9 Å². The number of carbonyl (C=O) groups is 1. The molecule has 24 heavy (non-hydrogen) atoms. The number of hydrogen-bond acceptors (Lipinski definition) is 3. The Morgan fingerprint density at radius 3 is 3.00 bits per heavy atom. The molecule has 1 fully saturated rings. The molecule has 3 rings (SSSR count). The molecule has 0 radical (unpaired) electrons. The first-order valence-corrected chi connectivity index (χ1v) is 8.41. The monoisotopic (exact) mass is 368 g/mol. The first-order chi connectivity index (χ1) is 11.2. The van der Waals surface area contributed by atoms with E-state index in [1.807, 2.05) is 31.2 Å². The zero-order valence-electron chi connectivity index (χ0n) is 13.6. The van der Waals surface area contributed by atoms with Crippen molar-refractivity contribution in [1.82, 2.24) is 20.4 Å². The maximum atomic E-state index is 12.6. The Bertz CT molecular complexity index is 696. The summed E-state index contributed by atoms with van der Waals surface area (Å²) in [5.41, 5.74) is 2.40. The molecule has 0 bridgehead atoms. The van der Waals surface area contributed by atoms with Crippen molar-refractivity contribution in [3.05, 3.63) is 46.7 Å². The summed E-state index contributed by atoms with van der Waals surface area (Å²) in [6.45, 7) is 3.88. The number of carbonyl (C=O) groups excluding carboxylic acids is 1. The number of piperidine rings is 1. The SMILES string of the molecule is CCc1c(C(=O)N[C@H]2CCCNC2)cnn1-c1cccc(Cl)c1.Cl. The molecule has 1 saturated heterocycles. The smallest absolute Gasteiger partial charge is 0.255 e. The van der Waals surface area contributed by atoms with Crippen LogP contribution in [0.3, 0.4) is 0 Å². The molecular formula is C17H22Cl2N4O. The molecule has 130 valence electrons. The molecule has 0 unspecified atom stereocenters. The molecule has 1 amide bonds. The fourth-order valence-electron chi connectivity index (χ4n) is 2.97. The fraction of sp³-hybridized carbons (Fsp3) is 0.412. The van der Waals surface area contributed by atoms with Gasteiger partial charge in [0.25, 0.3) is 5.91 Å². The van der Waals surface area contributed by atoms with Crippen molar-refractivity contribution in [2.45, 2.75) is 32.2 Å². The van der Waals surface area contributed by atoms with Crippen molar-refractivity contribution in [3.8, 4) is 5.69 Å². The van der Waals surface area contributed by atoms with E-state index in [2.05, 4.69) is 15.7 Å². The van der Waals surface area contributed by atoms with Crippen LogP contribution in [0.5, 0.6) is 0 Å². The van der Waals surface area contributed by atoms with Gasteiger partial charge in [-0.3, -0.25) is 4.79 Å². The highest BCUT2D eigenvalue weighted by Crippen LogP contribution is 2.19. The van der Waals surface area contributed by atoms with Gasteiger partial charge >= 0.3 is 0 Å².